The van der Waals surface area contributed by atoms with Crippen LogP contribution >= 0.6 is 0 Å². The van der Waals surface area contributed by atoms with Crippen molar-refractivity contribution < 1.29 is 39.8 Å². The van der Waals surface area contributed by atoms with Gasteiger partial charge in [-0.25, -0.2) is 0 Å². The molecule has 490 valence electrons. The highest BCUT2D eigenvalue weighted by molar-refractivity contribution is 5.76. The Labute approximate surface area is 523 Å². The van der Waals surface area contributed by atoms with Gasteiger partial charge in [0.1, 0.15) is 24.4 Å². The SMILES string of the molecule is CC/C=C\C/C=C\C/C=C\C/C=C\C/C=C\C/C=C\C/C=C\C/C=C\C/C=C\CCCCCC(=O)NC(COC1OC(CO)C(O)C(O)C1O)C(O)CCCCCCCCCCCCCCCCCCCCCCCCCCCCCCCCC. The van der Waals surface area contributed by atoms with Gasteiger partial charge in [-0.05, 0) is 83.5 Å². The van der Waals surface area contributed by atoms with Crippen molar-refractivity contribution in [3.63, 3.8) is 0 Å². The number of amides is 1. The number of allylic oxidation sites excluding steroid dienone is 18. The lowest BCUT2D eigenvalue weighted by molar-refractivity contribution is -0.302. The van der Waals surface area contributed by atoms with Gasteiger partial charge in [-0.3, -0.25) is 4.79 Å². The van der Waals surface area contributed by atoms with Gasteiger partial charge in [0.15, 0.2) is 6.29 Å². The predicted molar refractivity (Wildman–Crippen MR) is 364 cm³/mol. The molecule has 85 heavy (non-hydrogen) atoms. The minimum absolute atomic E-state index is 0.158. The van der Waals surface area contributed by atoms with Gasteiger partial charge in [0.2, 0.25) is 5.91 Å². The molecular formula is C76H133NO8. The molecule has 0 aromatic rings. The highest BCUT2D eigenvalue weighted by atomic mass is 16.7. The second kappa shape index (κ2) is 63.9. The fourth-order valence-electron chi connectivity index (χ4n) is 10.9. The average Bonchev–Trinajstić information content (AvgIpc) is 3.54. The van der Waals surface area contributed by atoms with E-state index in [2.05, 4.69) is 129 Å². The quantitative estimate of drug-likeness (QED) is 0.0261. The summed E-state index contributed by atoms with van der Waals surface area (Å²) in [6.07, 6.45) is 87.3. The molecule has 1 saturated heterocycles. The number of hydrogen-bond donors (Lipinski definition) is 6. The summed E-state index contributed by atoms with van der Waals surface area (Å²) < 4.78 is 11.4. The Morgan fingerprint density at radius 3 is 1.07 bits per heavy atom. The van der Waals surface area contributed by atoms with E-state index in [-0.39, 0.29) is 12.5 Å². The monoisotopic (exact) mass is 1190 g/mol. The zero-order chi connectivity index (χ0) is 61.4. The third-order valence-corrected chi connectivity index (χ3v) is 16.4. The maximum atomic E-state index is 13.1. The number of carbonyl (C=O) groups is 1. The summed E-state index contributed by atoms with van der Waals surface area (Å²) in [7, 11) is 0. The van der Waals surface area contributed by atoms with Crippen molar-refractivity contribution >= 4 is 5.91 Å². The standard InChI is InChI=1S/C76H133NO8/c1-3-5-7-9-11-13-15-17-19-21-23-25-27-29-31-33-35-37-39-41-43-45-47-49-51-53-55-57-59-61-63-65-70(79)69(68-84-76-75(83)74(82)73(81)71(67-78)85-76)77-72(80)66-64-62-60-58-56-54-52-50-48-46-44-42-40-38-36-34-32-30-28-26-24-22-20-18-16-14-12-10-8-6-4-2/h6,8,12,14,18,20,24,26,30,32,36,38,42,44,48,50,54,56,69-71,73-76,78-79,81-83H,3-5,7,9-11,13,15-17,19,21-23,25,27-29,31,33-35,37,39-41,43,45-47,49,51-53,55,57-68H2,1-2H3,(H,77,80)/b8-6-,14-12-,20-18-,26-24-,32-30-,38-36-,44-42-,50-48-,56-54-. The summed E-state index contributed by atoms with van der Waals surface area (Å²) in [5, 5.41) is 54.9. The normalized spacial score (nSPS) is 18.8. The minimum Gasteiger partial charge on any atom is -0.394 e. The molecule has 7 unspecified atom stereocenters. The molecule has 1 fully saturated rings. The van der Waals surface area contributed by atoms with E-state index in [0.717, 1.165) is 103 Å². The molecule has 0 aromatic carbocycles. The molecule has 9 heteroatoms. The summed E-state index contributed by atoms with van der Waals surface area (Å²) in [5.41, 5.74) is 0. The first kappa shape index (κ1) is 79.9. The maximum Gasteiger partial charge on any atom is 0.220 e. The van der Waals surface area contributed by atoms with Gasteiger partial charge in [-0.15, -0.1) is 0 Å². The van der Waals surface area contributed by atoms with Crippen molar-refractivity contribution in [3.8, 4) is 0 Å². The molecule has 1 aliphatic heterocycles. The van der Waals surface area contributed by atoms with Crippen molar-refractivity contribution in [2.24, 2.45) is 0 Å². The summed E-state index contributed by atoms with van der Waals surface area (Å²) in [6, 6.07) is -0.748. The van der Waals surface area contributed by atoms with Crippen LogP contribution in [0.1, 0.15) is 309 Å². The minimum atomic E-state index is -1.57. The van der Waals surface area contributed by atoms with Crippen LogP contribution in [0.5, 0.6) is 0 Å². The van der Waals surface area contributed by atoms with Crippen LogP contribution in [0, 0.1) is 0 Å². The maximum absolute atomic E-state index is 13.1. The highest BCUT2D eigenvalue weighted by Gasteiger charge is 2.44. The van der Waals surface area contributed by atoms with Crippen LogP contribution in [0.3, 0.4) is 0 Å². The third kappa shape index (κ3) is 52.5. The second-order valence-electron chi connectivity index (χ2n) is 24.3. The van der Waals surface area contributed by atoms with Crippen molar-refractivity contribution in [3.05, 3.63) is 109 Å². The summed E-state index contributed by atoms with van der Waals surface area (Å²) >= 11 is 0. The van der Waals surface area contributed by atoms with E-state index in [9.17, 15) is 30.3 Å². The van der Waals surface area contributed by atoms with Crippen molar-refractivity contribution in [2.45, 2.75) is 352 Å². The first-order chi connectivity index (χ1) is 41.8. The summed E-state index contributed by atoms with van der Waals surface area (Å²) in [4.78, 5) is 13.1. The lowest BCUT2D eigenvalue weighted by atomic mass is 9.99. The van der Waals surface area contributed by atoms with E-state index in [4.69, 9.17) is 9.47 Å². The van der Waals surface area contributed by atoms with Gasteiger partial charge in [-0.1, -0.05) is 329 Å². The van der Waals surface area contributed by atoms with E-state index < -0.39 is 49.5 Å². The number of aliphatic hydroxyl groups excluding tert-OH is 5. The molecule has 0 bridgehead atoms. The summed E-state index contributed by atoms with van der Waals surface area (Å²) in [6.45, 7) is 3.73. The van der Waals surface area contributed by atoms with Crippen LogP contribution in [-0.4, -0.2) is 87.5 Å². The zero-order valence-corrected chi connectivity index (χ0v) is 54.8. The Morgan fingerprint density at radius 1 is 0.412 bits per heavy atom. The zero-order valence-electron chi connectivity index (χ0n) is 54.8. The van der Waals surface area contributed by atoms with Gasteiger partial charge in [0.05, 0.1) is 25.4 Å². The molecule has 1 amide bonds. The number of rotatable bonds is 61. The van der Waals surface area contributed by atoms with Crippen LogP contribution < -0.4 is 5.32 Å². The first-order valence-corrected chi connectivity index (χ1v) is 35.6. The number of carbonyl (C=O) groups excluding carboxylic acids is 1. The van der Waals surface area contributed by atoms with E-state index in [1.807, 2.05) is 0 Å². The highest BCUT2D eigenvalue weighted by Crippen LogP contribution is 2.24. The molecule has 0 aromatic heterocycles. The molecule has 6 N–H and O–H groups in total. The Morgan fingerprint density at radius 2 is 0.729 bits per heavy atom. The van der Waals surface area contributed by atoms with Crippen molar-refractivity contribution in [1.29, 1.82) is 0 Å². The molecule has 0 aliphatic carbocycles. The average molecular weight is 1190 g/mol. The molecule has 0 spiro atoms. The number of nitrogens with one attached hydrogen (secondary N) is 1. The lowest BCUT2D eigenvalue weighted by Gasteiger charge is -2.40. The van der Waals surface area contributed by atoms with Crippen molar-refractivity contribution in [1.82, 2.24) is 5.32 Å². The van der Waals surface area contributed by atoms with E-state index >= 15 is 0 Å². The Hall–Kier alpha value is -3.15. The van der Waals surface area contributed by atoms with Gasteiger partial charge in [0, 0.05) is 6.42 Å². The van der Waals surface area contributed by atoms with Crippen LogP contribution in [0.4, 0.5) is 0 Å². The fraction of sp³-hybridized carbons (Fsp3) is 0.750. The largest absolute Gasteiger partial charge is 0.394 e. The topological polar surface area (TPSA) is 149 Å². The van der Waals surface area contributed by atoms with Gasteiger partial charge in [0.25, 0.3) is 0 Å². The molecule has 9 nitrogen and oxygen atoms in total. The van der Waals surface area contributed by atoms with Gasteiger partial charge in [-0.2, -0.15) is 0 Å². The first-order valence-electron chi connectivity index (χ1n) is 35.6. The Balaban J connectivity index is 2.17. The van der Waals surface area contributed by atoms with Crippen LogP contribution in [0.2, 0.25) is 0 Å². The smallest absolute Gasteiger partial charge is 0.220 e. The predicted octanol–water partition coefficient (Wildman–Crippen LogP) is 19.6. The molecule has 7 atom stereocenters. The summed E-state index contributed by atoms with van der Waals surface area (Å²) in [5.74, 6) is -0.176. The molecule has 1 heterocycles. The Bertz CT molecular complexity index is 1710. The number of unbranched alkanes of at least 4 members (excludes halogenated alkanes) is 33. The number of hydrogen-bond acceptors (Lipinski definition) is 8. The van der Waals surface area contributed by atoms with Crippen molar-refractivity contribution in [2.75, 3.05) is 13.2 Å². The molecular weight excluding hydrogens is 1050 g/mol. The van der Waals surface area contributed by atoms with Crippen LogP contribution in [0.15, 0.2) is 109 Å². The van der Waals surface area contributed by atoms with Crippen LogP contribution in [-0.2, 0) is 14.3 Å². The lowest BCUT2D eigenvalue weighted by Crippen LogP contribution is -2.60. The number of aliphatic hydroxyl groups is 5. The third-order valence-electron chi connectivity index (χ3n) is 16.4. The van der Waals surface area contributed by atoms with E-state index in [0.29, 0.717) is 12.8 Å². The molecule has 0 saturated carbocycles. The fourth-order valence-corrected chi connectivity index (χ4v) is 10.9. The Kier molecular flexibility index (Phi) is 60.0. The van der Waals surface area contributed by atoms with E-state index in [1.165, 1.54) is 180 Å². The molecule has 1 rings (SSSR count). The molecule has 0 radical (unpaired) electrons. The second-order valence-corrected chi connectivity index (χ2v) is 24.3. The number of ether oxygens (including phenoxy) is 2. The van der Waals surface area contributed by atoms with E-state index in [1.54, 1.807) is 0 Å². The molecule has 1 aliphatic rings. The van der Waals surface area contributed by atoms with Crippen LogP contribution in [0.25, 0.3) is 0 Å². The van der Waals surface area contributed by atoms with Gasteiger partial charge < -0.3 is 40.3 Å². The van der Waals surface area contributed by atoms with Gasteiger partial charge >= 0.3 is 0 Å².